The molecule has 0 spiro atoms. The molecule has 0 saturated carbocycles. The molecule has 7 nitrogen and oxygen atoms in total. The van der Waals surface area contributed by atoms with E-state index in [9.17, 15) is 18.0 Å². The Bertz CT molecular complexity index is 1570. The summed E-state index contributed by atoms with van der Waals surface area (Å²) >= 11 is 0. The van der Waals surface area contributed by atoms with Crippen LogP contribution in [0.4, 0.5) is 24.8 Å². The van der Waals surface area contributed by atoms with Crippen molar-refractivity contribution in [3.63, 3.8) is 0 Å². The van der Waals surface area contributed by atoms with Crippen molar-refractivity contribution in [1.29, 1.82) is 0 Å². The van der Waals surface area contributed by atoms with Crippen LogP contribution < -0.4 is 11.1 Å². The van der Waals surface area contributed by atoms with Crippen LogP contribution in [-0.2, 0) is 6.18 Å². The number of nitrogens with one attached hydrogen (secondary N) is 1. The van der Waals surface area contributed by atoms with Gasteiger partial charge in [-0.15, -0.1) is 0 Å². The van der Waals surface area contributed by atoms with Crippen LogP contribution in [0, 0.1) is 6.92 Å². The van der Waals surface area contributed by atoms with Gasteiger partial charge in [-0.3, -0.25) is 9.20 Å². The van der Waals surface area contributed by atoms with Crippen molar-refractivity contribution in [3.8, 4) is 22.6 Å². The number of fused-ring (bicyclic) bond motifs is 1. The summed E-state index contributed by atoms with van der Waals surface area (Å²) in [5.74, 6) is 0.201. The number of imidazole rings is 1. The Labute approximate surface area is 203 Å². The van der Waals surface area contributed by atoms with Gasteiger partial charge in [-0.05, 0) is 31.2 Å². The van der Waals surface area contributed by atoms with Crippen molar-refractivity contribution in [1.82, 2.24) is 19.4 Å². The number of aryl methyl sites for hydroxylation is 1. The molecule has 180 valence electrons. The summed E-state index contributed by atoms with van der Waals surface area (Å²) in [5, 5.41) is 2.40. The largest absolute Gasteiger partial charge is 0.416 e. The van der Waals surface area contributed by atoms with Crippen molar-refractivity contribution < 1.29 is 18.0 Å². The lowest BCUT2D eigenvalue weighted by Gasteiger charge is -2.09. The van der Waals surface area contributed by atoms with Crippen LogP contribution in [0.2, 0.25) is 0 Å². The number of nitrogens with two attached hydrogens (primary N) is 1. The van der Waals surface area contributed by atoms with E-state index in [1.54, 1.807) is 36.7 Å². The maximum absolute atomic E-state index is 12.9. The molecule has 0 aliphatic rings. The van der Waals surface area contributed by atoms with E-state index in [-0.39, 0.29) is 11.4 Å². The summed E-state index contributed by atoms with van der Waals surface area (Å²) in [7, 11) is 0. The number of benzene rings is 2. The monoisotopic (exact) mass is 488 g/mol. The minimum atomic E-state index is -4.54. The molecule has 2 aromatic carbocycles. The van der Waals surface area contributed by atoms with Crippen LogP contribution in [0.25, 0.3) is 28.2 Å². The number of hydrogen-bond acceptors (Lipinski definition) is 5. The number of carbonyl (C=O) groups excluding carboxylic acids is 1. The van der Waals surface area contributed by atoms with Gasteiger partial charge in [0.2, 0.25) is 0 Å². The Hall–Kier alpha value is -4.73. The SMILES string of the molecule is Cc1ccc(-c2nc(-c3ccc(C(=O)Nc4cc(C(F)(F)F)ccn4)cc3)c3c(N)nccn23)cc1. The minimum Gasteiger partial charge on any atom is -0.382 e. The number of aromatic nitrogens is 4. The van der Waals surface area contributed by atoms with Crippen molar-refractivity contribution in [2.24, 2.45) is 0 Å². The van der Waals surface area contributed by atoms with Gasteiger partial charge in [0.25, 0.3) is 5.91 Å². The fraction of sp³-hybridized carbons (Fsp3) is 0.0769. The van der Waals surface area contributed by atoms with E-state index in [4.69, 9.17) is 10.7 Å². The molecule has 0 aliphatic heterocycles. The molecule has 0 unspecified atom stereocenters. The first-order valence-corrected chi connectivity index (χ1v) is 10.9. The molecule has 0 saturated heterocycles. The molecule has 0 bridgehead atoms. The van der Waals surface area contributed by atoms with E-state index in [1.807, 2.05) is 35.6 Å². The molecule has 0 radical (unpaired) electrons. The first-order chi connectivity index (χ1) is 17.2. The second kappa shape index (κ2) is 8.81. The molecule has 3 N–H and O–H groups in total. The normalized spacial score (nSPS) is 11.6. The molecule has 36 heavy (non-hydrogen) atoms. The highest BCUT2D eigenvalue weighted by Crippen LogP contribution is 2.33. The summed E-state index contributed by atoms with van der Waals surface area (Å²) in [4.78, 5) is 25.4. The van der Waals surface area contributed by atoms with Crippen LogP contribution in [0.5, 0.6) is 0 Å². The summed E-state index contributed by atoms with van der Waals surface area (Å²) in [5.41, 5.74) is 9.46. The molecule has 0 fully saturated rings. The Morgan fingerprint density at radius 2 is 1.64 bits per heavy atom. The molecule has 0 atom stereocenters. The minimum absolute atomic E-state index is 0.194. The number of amides is 1. The standard InChI is InChI=1S/C26H19F3N6O/c1-15-2-4-17(5-3-15)24-34-21(22-23(30)32-12-13-35(22)24)16-6-8-18(9-7-16)25(36)33-20-14-19(10-11-31-20)26(27,28)29/h2-14H,1H3,(H2,30,32)(H,31,33,36). The zero-order valence-corrected chi connectivity index (χ0v) is 18.9. The third-order valence-corrected chi connectivity index (χ3v) is 5.64. The number of hydrogen-bond donors (Lipinski definition) is 2. The molecule has 3 heterocycles. The van der Waals surface area contributed by atoms with E-state index in [1.165, 1.54) is 0 Å². The highest BCUT2D eigenvalue weighted by molar-refractivity contribution is 6.04. The van der Waals surface area contributed by atoms with Crippen LogP contribution in [0.15, 0.2) is 79.3 Å². The van der Waals surface area contributed by atoms with Gasteiger partial charge in [-0.25, -0.2) is 15.0 Å². The third-order valence-electron chi connectivity index (χ3n) is 5.64. The van der Waals surface area contributed by atoms with Crippen molar-refractivity contribution in [2.45, 2.75) is 13.1 Å². The summed E-state index contributed by atoms with van der Waals surface area (Å²) in [6.07, 6.45) is -0.164. The maximum Gasteiger partial charge on any atom is 0.416 e. The van der Waals surface area contributed by atoms with Gasteiger partial charge in [0.1, 0.15) is 28.7 Å². The Morgan fingerprint density at radius 1 is 0.944 bits per heavy atom. The summed E-state index contributed by atoms with van der Waals surface area (Å²) in [6, 6.07) is 16.1. The number of halogens is 3. The molecular weight excluding hydrogens is 469 g/mol. The number of rotatable bonds is 4. The average molecular weight is 488 g/mol. The number of alkyl halides is 3. The second-order valence-electron chi connectivity index (χ2n) is 8.14. The van der Waals surface area contributed by atoms with E-state index in [2.05, 4.69) is 15.3 Å². The van der Waals surface area contributed by atoms with Crippen LogP contribution in [0.1, 0.15) is 21.5 Å². The lowest BCUT2D eigenvalue weighted by atomic mass is 10.1. The fourth-order valence-electron chi connectivity index (χ4n) is 3.81. The predicted molar refractivity (Wildman–Crippen MR) is 130 cm³/mol. The number of nitrogens with zero attached hydrogens (tertiary/aromatic N) is 4. The Balaban J connectivity index is 1.47. The van der Waals surface area contributed by atoms with Gasteiger partial charge < -0.3 is 11.1 Å². The quantitative estimate of drug-likeness (QED) is 0.342. The predicted octanol–water partition coefficient (Wildman–Crippen LogP) is 5.62. The highest BCUT2D eigenvalue weighted by Gasteiger charge is 2.31. The summed E-state index contributed by atoms with van der Waals surface area (Å²) in [6.45, 7) is 2.00. The highest BCUT2D eigenvalue weighted by atomic mass is 19.4. The van der Waals surface area contributed by atoms with Gasteiger partial charge in [0.15, 0.2) is 0 Å². The second-order valence-corrected chi connectivity index (χ2v) is 8.14. The van der Waals surface area contributed by atoms with E-state index >= 15 is 0 Å². The van der Waals surface area contributed by atoms with Gasteiger partial charge in [0.05, 0.1) is 5.56 Å². The molecule has 0 aliphatic carbocycles. The maximum atomic E-state index is 12.9. The van der Waals surface area contributed by atoms with Crippen molar-refractivity contribution in [2.75, 3.05) is 11.1 Å². The number of nitrogen functional groups attached to an aromatic ring is 1. The fourth-order valence-corrected chi connectivity index (χ4v) is 3.81. The van der Waals surface area contributed by atoms with E-state index in [0.717, 1.165) is 29.5 Å². The average Bonchev–Trinajstić information content (AvgIpc) is 3.25. The van der Waals surface area contributed by atoms with Crippen LogP contribution >= 0.6 is 0 Å². The lowest BCUT2D eigenvalue weighted by molar-refractivity contribution is -0.137. The smallest absolute Gasteiger partial charge is 0.382 e. The van der Waals surface area contributed by atoms with Crippen LogP contribution in [-0.4, -0.2) is 25.3 Å². The molecule has 5 rings (SSSR count). The van der Waals surface area contributed by atoms with Gasteiger partial charge in [-0.2, -0.15) is 13.2 Å². The Kier molecular flexibility index (Phi) is 5.63. The van der Waals surface area contributed by atoms with Gasteiger partial charge in [0, 0.05) is 35.3 Å². The molecule has 5 aromatic rings. The van der Waals surface area contributed by atoms with Crippen LogP contribution in [0.3, 0.4) is 0 Å². The Morgan fingerprint density at radius 3 is 2.33 bits per heavy atom. The zero-order chi connectivity index (χ0) is 25.4. The van der Waals surface area contributed by atoms with Crippen molar-refractivity contribution in [3.05, 3.63) is 95.9 Å². The first kappa shape index (κ1) is 23.0. The molecule has 3 aromatic heterocycles. The zero-order valence-electron chi connectivity index (χ0n) is 18.9. The topological polar surface area (TPSA) is 98.2 Å². The van der Waals surface area contributed by atoms with E-state index in [0.29, 0.717) is 28.4 Å². The van der Waals surface area contributed by atoms with Gasteiger partial charge >= 0.3 is 6.18 Å². The molecule has 1 amide bonds. The molecular formula is C26H19F3N6O. The number of anilines is 2. The van der Waals surface area contributed by atoms with E-state index < -0.39 is 17.6 Å². The first-order valence-electron chi connectivity index (χ1n) is 10.9. The summed E-state index contributed by atoms with van der Waals surface area (Å²) < 4.78 is 40.7. The van der Waals surface area contributed by atoms with Crippen molar-refractivity contribution >= 4 is 23.1 Å². The molecule has 10 heteroatoms. The number of carbonyl (C=O) groups is 1. The number of pyridine rings is 1. The third kappa shape index (κ3) is 4.36. The lowest BCUT2D eigenvalue weighted by Crippen LogP contribution is -2.14. The van der Waals surface area contributed by atoms with Gasteiger partial charge in [-0.1, -0.05) is 42.0 Å².